The summed E-state index contributed by atoms with van der Waals surface area (Å²) in [6.07, 6.45) is 2.04. The number of rotatable bonds is 7. The zero-order valence-corrected chi connectivity index (χ0v) is 11.3. The van der Waals surface area contributed by atoms with E-state index < -0.39 is 16.4 Å². The van der Waals surface area contributed by atoms with Crippen molar-refractivity contribution in [2.45, 2.75) is 25.7 Å². The number of ketones is 1. The zero-order valence-electron chi connectivity index (χ0n) is 9.70. The Labute approximate surface area is 112 Å². The molecule has 0 N–H and O–H groups in total. The number of benzene rings is 1. The smallest absolute Gasteiger partial charge is 0.300 e. The van der Waals surface area contributed by atoms with E-state index in [0.29, 0.717) is 24.8 Å². The SMILES string of the molecule is O=C(CCCBr)CCc1ccc([N+](=O)[O-])c(F)c1. The molecule has 1 aromatic carbocycles. The minimum Gasteiger partial charge on any atom is -0.300 e. The van der Waals surface area contributed by atoms with E-state index in [1.807, 2.05) is 0 Å². The Kier molecular flexibility index (Phi) is 5.91. The van der Waals surface area contributed by atoms with Gasteiger partial charge in [-0.15, -0.1) is 0 Å². The van der Waals surface area contributed by atoms with Gasteiger partial charge in [-0.25, -0.2) is 0 Å². The van der Waals surface area contributed by atoms with Crippen molar-refractivity contribution in [3.63, 3.8) is 0 Å². The molecule has 0 aliphatic carbocycles. The van der Waals surface area contributed by atoms with Gasteiger partial charge in [0.15, 0.2) is 0 Å². The second-order valence-electron chi connectivity index (χ2n) is 3.87. The van der Waals surface area contributed by atoms with E-state index in [9.17, 15) is 19.3 Å². The monoisotopic (exact) mass is 317 g/mol. The van der Waals surface area contributed by atoms with Crippen LogP contribution in [0.5, 0.6) is 0 Å². The van der Waals surface area contributed by atoms with Crippen LogP contribution in [0.1, 0.15) is 24.8 Å². The van der Waals surface area contributed by atoms with Crippen LogP contribution in [0.15, 0.2) is 18.2 Å². The van der Waals surface area contributed by atoms with Crippen LogP contribution in [0.25, 0.3) is 0 Å². The molecule has 0 aliphatic rings. The van der Waals surface area contributed by atoms with Gasteiger partial charge < -0.3 is 0 Å². The lowest BCUT2D eigenvalue weighted by molar-refractivity contribution is -0.387. The number of nitro benzene ring substituents is 1. The number of carbonyl (C=O) groups is 1. The van der Waals surface area contributed by atoms with Crippen molar-refractivity contribution >= 4 is 27.4 Å². The average molecular weight is 318 g/mol. The van der Waals surface area contributed by atoms with E-state index in [1.165, 1.54) is 6.07 Å². The molecule has 0 saturated heterocycles. The maximum atomic E-state index is 13.3. The third kappa shape index (κ3) is 4.52. The van der Waals surface area contributed by atoms with Crippen molar-refractivity contribution in [3.8, 4) is 0 Å². The van der Waals surface area contributed by atoms with Gasteiger partial charge in [-0.3, -0.25) is 14.9 Å². The molecule has 0 aliphatic heterocycles. The number of alkyl halides is 1. The third-order valence-electron chi connectivity index (χ3n) is 2.49. The molecule has 98 valence electrons. The molecular weight excluding hydrogens is 305 g/mol. The molecule has 0 heterocycles. The van der Waals surface area contributed by atoms with E-state index >= 15 is 0 Å². The van der Waals surface area contributed by atoms with Crippen LogP contribution < -0.4 is 0 Å². The van der Waals surface area contributed by atoms with Gasteiger partial charge in [-0.05, 0) is 24.5 Å². The number of aryl methyl sites for hydroxylation is 1. The molecule has 6 heteroatoms. The molecule has 0 radical (unpaired) electrons. The fraction of sp³-hybridized carbons (Fsp3) is 0.417. The van der Waals surface area contributed by atoms with Gasteiger partial charge in [-0.2, -0.15) is 4.39 Å². The highest BCUT2D eigenvalue weighted by Gasteiger charge is 2.13. The van der Waals surface area contributed by atoms with Crippen molar-refractivity contribution in [2.24, 2.45) is 0 Å². The molecule has 1 aromatic rings. The van der Waals surface area contributed by atoms with E-state index in [0.717, 1.165) is 23.9 Å². The van der Waals surface area contributed by atoms with E-state index in [4.69, 9.17) is 0 Å². The Hall–Kier alpha value is -1.30. The molecule has 0 fully saturated rings. The van der Waals surface area contributed by atoms with Crippen molar-refractivity contribution in [3.05, 3.63) is 39.7 Å². The van der Waals surface area contributed by atoms with Crippen molar-refractivity contribution in [1.29, 1.82) is 0 Å². The Morgan fingerprint density at radius 2 is 2.11 bits per heavy atom. The van der Waals surface area contributed by atoms with E-state index in [2.05, 4.69) is 15.9 Å². The predicted octanol–water partition coefficient (Wildman–Crippen LogP) is 3.41. The Morgan fingerprint density at radius 1 is 1.39 bits per heavy atom. The van der Waals surface area contributed by atoms with Gasteiger partial charge in [0.2, 0.25) is 5.82 Å². The fourth-order valence-electron chi connectivity index (χ4n) is 1.53. The van der Waals surface area contributed by atoms with Gasteiger partial charge in [0, 0.05) is 24.2 Å². The summed E-state index contributed by atoms with van der Waals surface area (Å²) in [4.78, 5) is 21.1. The first-order chi connectivity index (χ1) is 8.54. The molecule has 0 aromatic heterocycles. The fourth-order valence-corrected chi connectivity index (χ4v) is 1.81. The van der Waals surface area contributed by atoms with Crippen LogP contribution in [0.3, 0.4) is 0 Å². The molecule has 0 unspecified atom stereocenters. The molecule has 1 rings (SSSR count). The Morgan fingerprint density at radius 3 is 2.67 bits per heavy atom. The summed E-state index contributed by atoms with van der Waals surface area (Å²) in [6.45, 7) is 0. The second kappa shape index (κ2) is 7.20. The molecule has 0 spiro atoms. The Bertz CT molecular complexity index is 451. The van der Waals surface area contributed by atoms with E-state index in [1.54, 1.807) is 0 Å². The van der Waals surface area contributed by atoms with Crippen LogP contribution >= 0.6 is 15.9 Å². The highest BCUT2D eigenvalue weighted by atomic mass is 79.9. The standard InChI is InChI=1S/C12H13BrFNO3/c13-7-1-2-10(16)5-3-9-4-6-12(15(17)18)11(14)8-9/h4,6,8H,1-3,5,7H2. The van der Waals surface area contributed by atoms with Crippen LogP contribution in [0.4, 0.5) is 10.1 Å². The van der Waals surface area contributed by atoms with Crippen LogP contribution in [0, 0.1) is 15.9 Å². The first-order valence-corrected chi connectivity index (χ1v) is 6.67. The summed E-state index contributed by atoms with van der Waals surface area (Å²) >= 11 is 3.24. The summed E-state index contributed by atoms with van der Waals surface area (Å²) in [5.74, 6) is -0.737. The molecule has 0 atom stereocenters. The van der Waals surface area contributed by atoms with Gasteiger partial charge in [0.25, 0.3) is 0 Å². The minimum absolute atomic E-state index is 0.119. The predicted molar refractivity (Wildman–Crippen MR) is 69.4 cm³/mol. The summed E-state index contributed by atoms with van der Waals surface area (Å²) in [5.41, 5.74) is 0.0645. The summed E-state index contributed by atoms with van der Waals surface area (Å²) in [7, 11) is 0. The number of carbonyl (C=O) groups excluding carboxylic acids is 1. The highest BCUT2D eigenvalue weighted by Crippen LogP contribution is 2.19. The number of halogens is 2. The summed E-state index contributed by atoms with van der Waals surface area (Å²) in [5, 5.41) is 11.2. The maximum Gasteiger partial charge on any atom is 0.304 e. The van der Waals surface area contributed by atoms with E-state index in [-0.39, 0.29) is 5.78 Å². The highest BCUT2D eigenvalue weighted by molar-refractivity contribution is 9.09. The largest absolute Gasteiger partial charge is 0.304 e. The number of nitrogens with zero attached hydrogens (tertiary/aromatic N) is 1. The lowest BCUT2D eigenvalue weighted by atomic mass is 10.0. The lowest BCUT2D eigenvalue weighted by Crippen LogP contribution is -2.01. The Balaban J connectivity index is 2.56. The number of hydrogen-bond donors (Lipinski definition) is 0. The molecule has 0 saturated carbocycles. The first kappa shape index (κ1) is 14.8. The zero-order chi connectivity index (χ0) is 13.5. The second-order valence-corrected chi connectivity index (χ2v) is 4.67. The summed E-state index contributed by atoms with van der Waals surface area (Å²) < 4.78 is 13.3. The number of hydrogen-bond acceptors (Lipinski definition) is 3. The summed E-state index contributed by atoms with van der Waals surface area (Å²) in [6, 6.07) is 3.74. The number of Topliss-reactive ketones (excluding diaryl/α,β-unsaturated/α-hetero) is 1. The van der Waals surface area contributed by atoms with Crippen molar-refractivity contribution < 1.29 is 14.1 Å². The first-order valence-electron chi connectivity index (χ1n) is 5.55. The quantitative estimate of drug-likeness (QED) is 0.440. The molecule has 0 bridgehead atoms. The minimum atomic E-state index is -0.856. The van der Waals surface area contributed by atoms with Gasteiger partial charge in [-0.1, -0.05) is 22.0 Å². The molecular formula is C12H13BrFNO3. The molecule has 0 amide bonds. The third-order valence-corrected chi connectivity index (χ3v) is 3.05. The van der Waals surface area contributed by atoms with Crippen molar-refractivity contribution in [1.82, 2.24) is 0 Å². The normalized spacial score (nSPS) is 10.3. The average Bonchev–Trinajstić information content (AvgIpc) is 2.33. The topological polar surface area (TPSA) is 60.2 Å². The van der Waals surface area contributed by atoms with Crippen LogP contribution in [-0.2, 0) is 11.2 Å². The van der Waals surface area contributed by atoms with Gasteiger partial charge >= 0.3 is 5.69 Å². The molecule has 4 nitrogen and oxygen atoms in total. The lowest BCUT2D eigenvalue weighted by Gasteiger charge is -2.02. The maximum absolute atomic E-state index is 13.3. The van der Waals surface area contributed by atoms with Crippen LogP contribution in [-0.4, -0.2) is 16.0 Å². The number of nitro groups is 1. The van der Waals surface area contributed by atoms with Gasteiger partial charge in [0.1, 0.15) is 5.78 Å². The van der Waals surface area contributed by atoms with Crippen LogP contribution in [0.2, 0.25) is 0 Å². The van der Waals surface area contributed by atoms with Gasteiger partial charge in [0.05, 0.1) is 4.92 Å². The van der Waals surface area contributed by atoms with Crippen molar-refractivity contribution in [2.75, 3.05) is 5.33 Å². The molecule has 18 heavy (non-hydrogen) atoms.